The van der Waals surface area contributed by atoms with Gasteiger partial charge in [-0.25, -0.2) is 8.42 Å². The van der Waals surface area contributed by atoms with Crippen LogP contribution in [0, 0.1) is 0 Å². The predicted molar refractivity (Wildman–Crippen MR) is 121 cm³/mol. The number of carbonyl (C=O) groups excluding carboxylic acids is 1. The van der Waals surface area contributed by atoms with Crippen molar-refractivity contribution in [2.24, 2.45) is 0 Å². The van der Waals surface area contributed by atoms with Gasteiger partial charge in [0.15, 0.2) is 17.6 Å². The minimum absolute atomic E-state index is 0.241. The molecular weight excluding hydrogens is 432 g/mol. The molecule has 0 radical (unpaired) electrons. The van der Waals surface area contributed by atoms with E-state index in [1.807, 2.05) is 6.07 Å². The summed E-state index contributed by atoms with van der Waals surface area (Å²) in [6, 6.07) is 13.5. The number of methoxy groups -OCH3 is 1. The van der Waals surface area contributed by atoms with E-state index in [2.05, 4.69) is 5.32 Å². The second-order valence-electron chi connectivity index (χ2n) is 7.49. The number of carbonyl (C=O) groups is 1. The highest BCUT2D eigenvalue weighted by molar-refractivity contribution is 7.89. The first-order chi connectivity index (χ1) is 15.4. The number of para-hydroxylation sites is 2. The summed E-state index contributed by atoms with van der Waals surface area (Å²) in [6.45, 7) is 3.32. The molecule has 3 rings (SSSR count). The third-order valence-corrected chi connectivity index (χ3v) is 7.10. The molecule has 1 aliphatic rings. The number of nitrogens with one attached hydrogen (secondary N) is 1. The first-order valence-corrected chi connectivity index (χ1v) is 12.2. The molecule has 1 amide bonds. The third-order valence-electron chi connectivity index (χ3n) is 5.19. The minimum Gasteiger partial charge on any atom is -0.493 e. The molecule has 2 aromatic carbocycles. The summed E-state index contributed by atoms with van der Waals surface area (Å²) in [7, 11) is -1.92. The molecule has 9 heteroatoms. The number of ether oxygens (including phenoxy) is 3. The van der Waals surface area contributed by atoms with Crippen LogP contribution in [0.4, 0.5) is 0 Å². The van der Waals surface area contributed by atoms with E-state index in [1.165, 1.54) is 4.31 Å². The average Bonchev–Trinajstić information content (AvgIpc) is 2.83. The zero-order chi connectivity index (χ0) is 23.0. The van der Waals surface area contributed by atoms with Crippen LogP contribution in [0.15, 0.2) is 53.4 Å². The fourth-order valence-electron chi connectivity index (χ4n) is 3.41. The molecule has 1 fully saturated rings. The van der Waals surface area contributed by atoms with Gasteiger partial charge in [0.25, 0.3) is 5.91 Å². The van der Waals surface area contributed by atoms with Crippen LogP contribution in [0.25, 0.3) is 0 Å². The van der Waals surface area contributed by atoms with Crippen LogP contribution in [0.5, 0.6) is 17.2 Å². The number of rotatable bonds is 10. The molecule has 1 unspecified atom stereocenters. The lowest BCUT2D eigenvalue weighted by molar-refractivity contribution is -0.127. The molecule has 0 aliphatic carbocycles. The second-order valence-corrected chi connectivity index (χ2v) is 9.42. The molecule has 1 atom stereocenters. The zero-order valence-electron chi connectivity index (χ0n) is 18.5. The Morgan fingerprint density at radius 1 is 1.03 bits per heavy atom. The number of sulfonamides is 1. The van der Waals surface area contributed by atoms with Gasteiger partial charge in [-0.2, -0.15) is 4.31 Å². The summed E-state index contributed by atoms with van der Waals surface area (Å²) in [4.78, 5) is 12.5. The van der Waals surface area contributed by atoms with Gasteiger partial charge in [0.1, 0.15) is 12.4 Å². The molecule has 32 heavy (non-hydrogen) atoms. The maximum Gasteiger partial charge on any atom is 0.260 e. The van der Waals surface area contributed by atoms with Gasteiger partial charge in [0.2, 0.25) is 10.0 Å². The van der Waals surface area contributed by atoms with Gasteiger partial charge in [-0.3, -0.25) is 4.79 Å². The Hall–Kier alpha value is -2.78. The number of hydrogen-bond donors (Lipinski definition) is 1. The van der Waals surface area contributed by atoms with Crippen molar-refractivity contribution in [1.82, 2.24) is 9.62 Å². The zero-order valence-corrected chi connectivity index (χ0v) is 19.3. The van der Waals surface area contributed by atoms with E-state index in [4.69, 9.17) is 14.2 Å². The molecule has 0 bridgehead atoms. The molecular formula is C23H30N2O6S. The predicted octanol–water partition coefficient (Wildman–Crippen LogP) is 2.83. The van der Waals surface area contributed by atoms with Crippen LogP contribution in [0.2, 0.25) is 0 Å². The van der Waals surface area contributed by atoms with Crippen LogP contribution in [-0.4, -0.2) is 58.1 Å². The summed E-state index contributed by atoms with van der Waals surface area (Å²) in [5, 5.41) is 2.76. The Balaban J connectivity index is 1.43. The van der Waals surface area contributed by atoms with Crippen molar-refractivity contribution in [3.8, 4) is 17.2 Å². The first kappa shape index (κ1) is 23.9. The van der Waals surface area contributed by atoms with Gasteiger partial charge in [0.05, 0.1) is 18.6 Å². The number of piperidine rings is 1. The molecule has 1 N–H and O–H groups in total. The van der Waals surface area contributed by atoms with Crippen molar-refractivity contribution < 1.29 is 27.4 Å². The molecule has 1 saturated heterocycles. The molecule has 0 aromatic heterocycles. The number of benzene rings is 2. The second kappa shape index (κ2) is 11.2. The summed E-state index contributed by atoms with van der Waals surface area (Å²) in [5.41, 5.74) is 0. The maximum absolute atomic E-state index is 12.7. The molecule has 174 valence electrons. The Morgan fingerprint density at radius 2 is 1.69 bits per heavy atom. The van der Waals surface area contributed by atoms with Crippen molar-refractivity contribution in [3.05, 3.63) is 48.5 Å². The minimum atomic E-state index is -3.46. The van der Waals surface area contributed by atoms with Crippen molar-refractivity contribution in [1.29, 1.82) is 0 Å². The van der Waals surface area contributed by atoms with Crippen molar-refractivity contribution in [2.45, 2.75) is 37.2 Å². The molecule has 0 saturated carbocycles. The summed E-state index contributed by atoms with van der Waals surface area (Å²) >= 11 is 0. The van der Waals surface area contributed by atoms with Gasteiger partial charge < -0.3 is 19.5 Å². The van der Waals surface area contributed by atoms with E-state index >= 15 is 0 Å². The summed E-state index contributed by atoms with van der Waals surface area (Å²) < 4.78 is 43.4. The Bertz CT molecular complexity index is 988. The summed E-state index contributed by atoms with van der Waals surface area (Å²) in [5.74, 6) is 1.31. The lowest BCUT2D eigenvalue weighted by atomic mass is 10.2. The van der Waals surface area contributed by atoms with Gasteiger partial charge in [-0.05, 0) is 56.2 Å². The normalized spacial score (nSPS) is 15.6. The quantitative estimate of drug-likeness (QED) is 0.546. The lowest BCUT2D eigenvalue weighted by Crippen LogP contribution is -2.38. The highest BCUT2D eigenvalue weighted by Gasteiger charge is 2.25. The summed E-state index contributed by atoms with van der Waals surface area (Å²) in [6.07, 6.45) is 2.16. The van der Waals surface area contributed by atoms with E-state index in [-0.39, 0.29) is 24.0 Å². The van der Waals surface area contributed by atoms with Crippen LogP contribution in [-0.2, 0) is 14.8 Å². The average molecular weight is 463 g/mol. The first-order valence-electron chi connectivity index (χ1n) is 10.7. The molecule has 8 nitrogen and oxygen atoms in total. The number of nitrogens with zero attached hydrogens (tertiary/aromatic N) is 1. The van der Waals surface area contributed by atoms with E-state index < -0.39 is 16.1 Å². The van der Waals surface area contributed by atoms with Crippen molar-refractivity contribution >= 4 is 15.9 Å². The smallest absolute Gasteiger partial charge is 0.260 e. The molecule has 1 aliphatic heterocycles. The highest BCUT2D eigenvalue weighted by Crippen LogP contribution is 2.27. The van der Waals surface area contributed by atoms with E-state index in [1.54, 1.807) is 56.5 Å². The SMILES string of the molecule is COc1ccccc1OC(C)C(=O)NCCOc1ccc(S(=O)(=O)N2CCCCC2)cc1. The van der Waals surface area contributed by atoms with Gasteiger partial charge in [-0.1, -0.05) is 18.6 Å². The van der Waals surface area contributed by atoms with Gasteiger partial charge in [0, 0.05) is 13.1 Å². The van der Waals surface area contributed by atoms with Crippen LogP contribution in [0.1, 0.15) is 26.2 Å². The Morgan fingerprint density at radius 3 is 2.34 bits per heavy atom. The van der Waals surface area contributed by atoms with E-state index in [0.29, 0.717) is 30.3 Å². The van der Waals surface area contributed by atoms with Crippen LogP contribution in [0.3, 0.4) is 0 Å². The molecule has 1 heterocycles. The van der Waals surface area contributed by atoms with E-state index in [9.17, 15) is 13.2 Å². The van der Waals surface area contributed by atoms with E-state index in [0.717, 1.165) is 19.3 Å². The monoisotopic (exact) mass is 462 g/mol. The maximum atomic E-state index is 12.7. The Labute approximate surface area is 189 Å². The largest absolute Gasteiger partial charge is 0.493 e. The third kappa shape index (κ3) is 6.14. The van der Waals surface area contributed by atoms with Gasteiger partial charge >= 0.3 is 0 Å². The topological polar surface area (TPSA) is 94.2 Å². The fourth-order valence-corrected chi connectivity index (χ4v) is 4.93. The number of hydrogen-bond acceptors (Lipinski definition) is 6. The lowest BCUT2D eigenvalue weighted by Gasteiger charge is -2.25. The van der Waals surface area contributed by atoms with Crippen molar-refractivity contribution in [3.63, 3.8) is 0 Å². The van der Waals surface area contributed by atoms with Crippen LogP contribution >= 0.6 is 0 Å². The molecule has 0 spiro atoms. The standard InChI is InChI=1S/C23H30N2O6S/c1-18(31-22-9-5-4-8-21(22)29-2)23(26)24-14-17-30-19-10-12-20(13-11-19)32(27,28)25-15-6-3-7-16-25/h4-5,8-13,18H,3,6-7,14-17H2,1-2H3,(H,24,26). The Kier molecular flexibility index (Phi) is 8.35. The van der Waals surface area contributed by atoms with Crippen molar-refractivity contribution in [2.75, 3.05) is 33.4 Å². The molecule has 2 aromatic rings. The van der Waals surface area contributed by atoms with Gasteiger partial charge in [-0.15, -0.1) is 0 Å². The highest BCUT2D eigenvalue weighted by atomic mass is 32.2. The fraction of sp³-hybridized carbons (Fsp3) is 0.435. The van der Waals surface area contributed by atoms with Crippen LogP contribution < -0.4 is 19.5 Å². The number of amides is 1.